The molecule has 82 valence electrons. The first-order chi connectivity index (χ1) is 6.91. The molecule has 0 aliphatic rings. The topological polar surface area (TPSA) is 46.5 Å². The van der Waals surface area contributed by atoms with Gasteiger partial charge in [0.2, 0.25) is 0 Å². The molecule has 0 aliphatic carbocycles. The summed E-state index contributed by atoms with van der Waals surface area (Å²) < 4.78 is 18.4. The van der Waals surface area contributed by atoms with Gasteiger partial charge in [-0.05, 0) is 26.0 Å². The summed E-state index contributed by atoms with van der Waals surface area (Å²) in [7, 11) is 0. The van der Waals surface area contributed by atoms with Crippen molar-refractivity contribution in [1.82, 2.24) is 0 Å². The van der Waals surface area contributed by atoms with Gasteiger partial charge in [0.1, 0.15) is 5.56 Å². The number of ether oxygens (including phenoxy) is 1. The molecular weight excluding hydrogens is 223 g/mol. The van der Waals surface area contributed by atoms with E-state index in [1.165, 1.54) is 0 Å². The molecule has 0 saturated carbocycles. The fraction of sp³-hybridized carbons (Fsp3) is 0.300. The van der Waals surface area contributed by atoms with Crippen molar-refractivity contribution in [2.75, 3.05) is 0 Å². The highest BCUT2D eigenvalue weighted by molar-refractivity contribution is 6.31. The van der Waals surface area contributed by atoms with Crippen LogP contribution in [0.15, 0.2) is 12.1 Å². The van der Waals surface area contributed by atoms with Crippen molar-refractivity contribution in [1.29, 1.82) is 0 Å². The molecule has 5 heteroatoms. The minimum absolute atomic E-state index is 0.0287. The van der Waals surface area contributed by atoms with Crippen LogP contribution >= 0.6 is 11.6 Å². The molecule has 0 aliphatic heterocycles. The van der Waals surface area contributed by atoms with E-state index in [2.05, 4.69) is 0 Å². The zero-order valence-electron chi connectivity index (χ0n) is 8.25. The molecule has 0 aromatic heterocycles. The summed E-state index contributed by atoms with van der Waals surface area (Å²) in [6.45, 7) is 3.36. The standard InChI is InChI=1S/C10H10ClFO3/c1-5(2)15-9-7(10(13)14)3-6(11)4-8(9)12/h3-5H,1-2H3,(H,13,14). The van der Waals surface area contributed by atoms with Crippen LogP contribution in [0, 0.1) is 5.82 Å². The smallest absolute Gasteiger partial charge is 0.339 e. The maximum atomic E-state index is 13.4. The van der Waals surface area contributed by atoms with Crippen molar-refractivity contribution in [3.63, 3.8) is 0 Å². The van der Waals surface area contributed by atoms with Gasteiger partial charge in [0, 0.05) is 5.02 Å². The van der Waals surface area contributed by atoms with Gasteiger partial charge in [0.25, 0.3) is 0 Å². The molecule has 0 bridgehead atoms. The van der Waals surface area contributed by atoms with E-state index in [4.69, 9.17) is 21.4 Å². The van der Waals surface area contributed by atoms with Gasteiger partial charge in [-0.1, -0.05) is 11.6 Å². The van der Waals surface area contributed by atoms with Gasteiger partial charge in [-0.15, -0.1) is 0 Å². The Morgan fingerprint density at radius 2 is 2.13 bits per heavy atom. The Kier molecular flexibility index (Phi) is 3.52. The van der Waals surface area contributed by atoms with Crippen LogP contribution in [0.3, 0.4) is 0 Å². The Hall–Kier alpha value is -1.29. The molecule has 1 N–H and O–H groups in total. The largest absolute Gasteiger partial charge is 0.487 e. The van der Waals surface area contributed by atoms with Gasteiger partial charge in [-0.3, -0.25) is 0 Å². The molecule has 15 heavy (non-hydrogen) atoms. The zero-order valence-corrected chi connectivity index (χ0v) is 9.01. The van der Waals surface area contributed by atoms with Crippen LogP contribution in [0.2, 0.25) is 5.02 Å². The summed E-state index contributed by atoms with van der Waals surface area (Å²) in [6, 6.07) is 2.18. The van der Waals surface area contributed by atoms with E-state index in [-0.39, 0.29) is 22.4 Å². The Bertz CT molecular complexity index is 390. The number of benzene rings is 1. The minimum atomic E-state index is -1.27. The van der Waals surface area contributed by atoms with Crippen LogP contribution < -0.4 is 4.74 Å². The third-order valence-electron chi connectivity index (χ3n) is 1.59. The molecule has 3 nitrogen and oxygen atoms in total. The lowest BCUT2D eigenvalue weighted by atomic mass is 10.2. The Morgan fingerprint density at radius 1 is 1.53 bits per heavy atom. The van der Waals surface area contributed by atoms with Crippen molar-refractivity contribution >= 4 is 17.6 Å². The predicted molar refractivity (Wildman–Crippen MR) is 54.1 cm³/mol. The fourth-order valence-electron chi connectivity index (χ4n) is 1.07. The molecular formula is C10H10ClFO3. The first kappa shape index (κ1) is 11.8. The second-order valence-electron chi connectivity index (χ2n) is 3.24. The molecule has 0 atom stereocenters. The number of hydrogen-bond donors (Lipinski definition) is 1. The van der Waals surface area contributed by atoms with Crippen LogP contribution in [-0.2, 0) is 0 Å². The molecule has 1 aromatic rings. The van der Waals surface area contributed by atoms with Crippen LogP contribution in [0.4, 0.5) is 4.39 Å². The molecule has 0 radical (unpaired) electrons. The van der Waals surface area contributed by atoms with Gasteiger partial charge >= 0.3 is 5.97 Å². The van der Waals surface area contributed by atoms with Crippen LogP contribution in [0.1, 0.15) is 24.2 Å². The number of rotatable bonds is 3. The van der Waals surface area contributed by atoms with E-state index in [9.17, 15) is 9.18 Å². The molecule has 0 fully saturated rings. The maximum absolute atomic E-state index is 13.4. The van der Waals surface area contributed by atoms with Crippen molar-refractivity contribution in [3.05, 3.63) is 28.5 Å². The minimum Gasteiger partial charge on any atom is -0.487 e. The maximum Gasteiger partial charge on any atom is 0.339 e. The zero-order chi connectivity index (χ0) is 11.6. The lowest BCUT2D eigenvalue weighted by Crippen LogP contribution is -2.11. The van der Waals surface area contributed by atoms with Crippen molar-refractivity contribution in [2.45, 2.75) is 20.0 Å². The highest BCUT2D eigenvalue weighted by Crippen LogP contribution is 2.27. The van der Waals surface area contributed by atoms with Gasteiger partial charge in [0.15, 0.2) is 11.6 Å². The SMILES string of the molecule is CC(C)Oc1c(F)cc(Cl)cc1C(=O)O. The molecule has 1 rings (SSSR count). The number of carboxylic acids is 1. The third-order valence-corrected chi connectivity index (χ3v) is 1.81. The second kappa shape index (κ2) is 4.49. The number of carbonyl (C=O) groups is 1. The Labute approximate surface area is 91.4 Å². The summed E-state index contributed by atoms with van der Waals surface area (Å²) in [4.78, 5) is 10.8. The monoisotopic (exact) mass is 232 g/mol. The highest BCUT2D eigenvalue weighted by atomic mass is 35.5. The molecule has 0 spiro atoms. The van der Waals surface area contributed by atoms with Crippen molar-refractivity contribution in [3.8, 4) is 5.75 Å². The number of hydrogen-bond acceptors (Lipinski definition) is 2. The second-order valence-corrected chi connectivity index (χ2v) is 3.67. The van der Waals surface area contributed by atoms with Crippen LogP contribution in [0.25, 0.3) is 0 Å². The van der Waals surface area contributed by atoms with Gasteiger partial charge < -0.3 is 9.84 Å². The van der Waals surface area contributed by atoms with Gasteiger partial charge in [-0.25, -0.2) is 9.18 Å². The number of halogens is 2. The Balaban J connectivity index is 3.27. The van der Waals surface area contributed by atoms with E-state index >= 15 is 0 Å². The lowest BCUT2D eigenvalue weighted by molar-refractivity contribution is 0.0689. The third kappa shape index (κ3) is 2.83. The van der Waals surface area contributed by atoms with Crippen molar-refractivity contribution in [2.24, 2.45) is 0 Å². The van der Waals surface area contributed by atoms with E-state index in [1.807, 2.05) is 0 Å². The van der Waals surface area contributed by atoms with Crippen molar-refractivity contribution < 1.29 is 19.0 Å². The molecule has 0 heterocycles. The number of carboxylic acid groups (broad SMARTS) is 1. The first-order valence-corrected chi connectivity index (χ1v) is 4.68. The average Bonchev–Trinajstić information content (AvgIpc) is 2.08. The summed E-state index contributed by atoms with van der Waals surface area (Å²) in [5, 5.41) is 8.85. The van der Waals surface area contributed by atoms with E-state index in [0.717, 1.165) is 12.1 Å². The normalized spacial score (nSPS) is 10.5. The van der Waals surface area contributed by atoms with E-state index in [0.29, 0.717) is 0 Å². The lowest BCUT2D eigenvalue weighted by Gasteiger charge is -2.13. The Morgan fingerprint density at radius 3 is 2.60 bits per heavy atom. The molecule has 1 aromatic carbocycles. The summed E-state index contributed by atoms with van der Waals surface area (Å²) in [6.07, 6.45) is -0.307. The fourth-order valence-corrected chi connectivity index (χ4v) is 1.28. The quantitative estimate of drug-likeness (QED) is 0.872. The highest BCUT2D eigenvalue weighted by Gasteiger charge is 2.18. The predicted octanol–water partition coefficient (Wildman–Crippen LogP) is 2.96. The van der Waals surface area contributed by atoms with Crippen LogP contribution in [-0.4, -0.2) is 17.2 Å². The van der Waals surface area contributed by atoms with Gasteiger partial charge in [-0.2, -0.15) is 0 Å². The summed E-state index contributed by atoms with van der Waals surface area (Å²) in [5.41, 5.74) is -0.270. The molecule has 0 amide bonds. The molecule has 0 unspecified atom stereocenters. The van der Waals surface area contributed by atoms with E-state index < -0.39 is 11.8 Å². The summed E-state index contributed by atoms with van der Waals surface area (Å²) in [5.74, 6) is -2.32. The number of aromatic carboxylic acids is 1. The first-order valence-electron chi connectivity index (χ1n) is 4.30. The van der Waals surface area contributed by atoms with Gasteiger partial charge in [0.05, 0.1) is 6.10 Å². The molecule has 0 saturated heterocycles. The summed E-state index contributed by atoms with van der Waals surface area (Å²) >= 11 is 5.54. The van der Waals surface area contributed by atoms with Crippen LogP contribution in [0.5, 0.6) is 5.75 Å². The average molecular weight is 233 g/mol. The van der Waals surface area contributed by atoms with E-state index in [1.54, 1.807) is 13.8 Å².